The summed E-state index contributed by atoms with van der Waals surface area (Å²) in [5.41, 5.74) is 6.51. The number of nitrogens with zero attached hydrogens (tertiary/aromatic N) is 1. The third kappa shape index (κ3) is 4.16. The molecule has 2 N–H and O–H groups in total. The molecule has 0 aromatic heterocycles. The van der Waals surface area contributed by atoms with E-state index >= 15 is 0 Å². The molecule has 26 heavy (non-hydrogen) atoms. The van der Waals surface area contributed by atoms with Crippen molar-refractivity contribution in [2.75, 3.05) is 27.1 Å². The molecular formula is C17H22F2N2O5. The molecule has 1 aromatic carbocycles. The van der Waals surface area contributed by atoms with Crippen LogP contribution in [0.3, 0.4) is 0 Å². The summed E-state index contributed by atoms with van der Waals surface area (Å²) in [4.78, 5) is 14.0. The second kappa shape index (κ2) is 8.05. The van der Waals surface area contributed by atoms with Gasteiger partial charge in [0.2, 0.25) is 12.7 Å². The molecule has 9 heteroatoms. The molecule has 7 nitrogen and oxygen atoms in total. The zero-order chi connectivity index (χ0) is 18.7. The molecule has 1 fully saturated rings. The predicted molar refractivity (Wildman–Crippen MR) is 87.2 cm³/mol. The molecule has 0 aliphatic carbocycles. The molecule has 1 aromatic rings. The van der Waals surface area contributed by atoms with Crippen LogP contribution in [0.2, 0.25) is 0 Å². The van der Waals surface area contributed by atoms with E-state index in [1.807, 2.05) is 0 Å². The Kier molecular flexibility index (Phi) is 5.77. The molecule has 1 unspecified atom stereocenters. The maximum absolute atomic E-state index is 12.7. The summed E-state index contributed by atoms with van der Waals surface area (Å²) in [6.45, 7) is -1.74. The van der Waals surface area contributed by atoms with Gasteiger partial charge in [-0.2, -0.15) is 8.78 Å². The van der Waals surface area contributed by atoms with Crippen molar-refractivity contribution in [3.63, 3.8) is 0 Å². The fraction of sp³-hybridized carbons (Fsp3) is 0.588. The topological polar surface area (TPSA) is 83.2 Å². The quantitative estimate of drug-likeness (QED) is 0.819. The van der Waals surface area contributed by atoms with E-state index in [1.54, 1.807) is 13.1 Å². The second-order valence-corrected chi connectivity index (χ2v) is 6.36. The molecule has 1 amide bonds. The fourth-order valence-electron chi connectivity index (χ4n) is 3.16. The largest absolute Gasteiger partial charge is 0.454 e. The summed E-state index contributed by atoms with van der Waals surface area (Å²) in [5.74, 6) is 0.502. The van der Waals surface area contributed by atoms with Crippen molar-refractivity contribution in [2.45, 2.75) is 32.0 Å². The lowest BCUT2D eigenvalue weighted by Crippen LogP contribution is -2.47. The van der Waals surface area contributed by atoms with Gasteiger partial charge in [-0.15, -0.1) is 0 Å². The van der Waals surface area contributed by atoms with E-state index < -0.39 is 12.7 Å². The van der Waals surface area contributed by atoms with E-state index in [1.165, 1.54) is 11.0 Å². The number of likely N-dealkylation sites (N-methyl/N-ethyl adjacent to an activating group) is 1. The van der Waals surface area contributed by atoms with Crippen LogP contribution in [0.25, 0.3) is 0 Å². The average Bonchev–Trinajstić information content (AvgIpc) is 3.08. The van der Waals surface area contributed by atoms with Crippen molar-refractivity contribution in [3.8, 4) is 17.2 Å². The highest BCUT2D eigenvalue weighted by atomic mass is 19.3. The molecule has 2 aliphatic rings. The molecule has 0 saturated carbocycles. The number of amides is 1. The van der Waals surface area contributed by atoms with Gasteiger partial charge in [-0.05, 0) is 24.8 Å². The zero-order valence-electron chi connectivity index (χ0n) is 14.5. The van der Waals surface area contributed by atoms with Crippen LogP contribution in [0, 0.1) is 5.92 Å². The lowest BCUT2D eigenvalue weighted by Gasteiger charge is -2.30. The number of halogens is 2. The predicted octanol–water partition coefficient (Wildman–Crippen LogP) is 1.73. The lowest BCUT2D eigenvalue weighted by molar-refractivity contribution is -0.134. The van der Waals surface area contributed by atoms with Crippen LogP contribution >= 0.6 is 0 Å². The van der Waals surface area contributed by atoms with Crippen molar-refractivity contribution in [1.82, 2.24) is 4.90 Å². The number of hydrogen-bond acceptors (Lipinski definition) is 6. The second-order valence-electron chi connectivity index (χ2n) is 6.36. The highest BCUT2D eigenvalue weighted by molar-refractivity contribution is 5.81. The first-order chi connectivity index (χ1) is 12.5. The summed E-state index contributed by atoms with van der Waals surface area (Å²) in [6, 6.07) is 2.24. The average molecular weight is 372 g/mol. The van der Waals surface area contributed by atoms with E-state index in [2.05, 4.69) is 4.74 Å². The van der Waals surface area contributed by atoms with Gasteiger partial charge in [0.05, 0.1) is 6.04 Å². The standard InChI is InChI=1S/C17H22F2N2O5/c1-21(16(22)15(20)10-2-4-23-5-3-10)8-11-6-13-14(25-9-24-13)7-12(11)26-17(18)19/h6-7,10,15,17H,2-5,8-9,20H2,1H3. The van der Waals surface area contributed by atoms with Crippen molar-refractivity contribution < 1.29 is 32.5 Å². The number of carbonyl (C=O) groups excluding carboxylic acids is 1. The number of fused-ring (bicyclic) bond motifs is 1. The minimum Gasteiger partial charge on any atom is -0.454 e. The smallest absolute Gasteiger partial charge is 0.387 e. The molecular weight excluding hydrogens is 350 g/mol. The summed E-state index contributed by atoms with van der Waals surface area (Å²) < 4.78 is 45.7. The molecule has 144 valence electrons. The number of nitrogens with two attached hydrogens (primary N) is 1. The van der Waals surface area contributed by atoms with Gasteiger partial charge in [-0.25, -0.2) is 0 Å². The van der Waals surface area contributed by atoms with Crippen molar-refractivity contribution in [2.24, 2.45) is 11.7 Å². The first-order valence-corrected chi connectivity index (χ1v) is 8.41. The Bertz CT molecular complexity index is 652. The molecule has 1 atom stereocenters. The van der Waals surface area contributed by atoms with Crippen molar-refractivity contribution >= 4 is 5.91 Å². The SMILES string of the molecule is CN(Cc1cc2c(cc1OC(F)F)OCO2)C(=O)C(N)C1CCOCC1. The van der Waals surface area contributed by atoms with Gasteiger partial charge in [-0.3, -0.25) is 4.79 Å². The Morgan fingerprint density at radius 1 is 1.31 bits per heavy atom. The van der Waals surface area contributed by atoms with Gasteiger partial charge in [-0.1, -0.05) is 0 Å². The molecule has 0 radical (unpaired) electrons. The van der Waals surface area contributed by atoms with E-state index in [0.717, 1.165) is 12.8 Å². The maximum Gasteiger partial charge on any atom is 0.387 e. The van der Waals surface area contributed by atoms with Crippen LogP contribution in [0.5, 0.6) is 17.2 Å². The van der Waals surface area contributed by atoms with Gasteiger partial charge in [0.1, 0.15) is 5.75 Å². The number of benzene rings is 1. The minimum absolute atomic E-state index is 0.0102. The molecule has 2 aliphatic heterocycles. The highest BCUT2D eigenvalue weighted by Crippen LogP contribution is 2.39. The Morgan fingerprint density at radius 3 is 2.62 bits per heavy atom. The number of ether oxygens (including phenoxy) is 4. The third-order valence-electron chi connectivity index (χ3n) is 4.61. The summed E-state index contributed by atoms with van der Waals surface area (Å²) in [5, 5.41) is 0. The fourth-order valence-corrected chi connectivity index (χ4v) is 3.16. The zero-order valence-corrected chi connectivity index (χ0v) is 14.5. The van der Waals surface area contributed by atoms with Gasteiger partial charge in [0.15, 0.2) is 11.5 Å². The summed E-state index contributed by atoms with van der Waals surface area (Å²) in [7, 11) is 1.58. The number of carbonyl (C=O) groups is 1. The molecule has 2 heterocycles. The van der Waals surface area contributed by atoms with Crippen LogP contribution in [-0.2, 0) is 16.1 Å². The van der Waals surface area contributed by atoms with Gasteiger partial charge < -0.3 is 29.6 Å². The van der Waals surface area contributed by atoms with E-state index in [-0.39, 0.29) is 30.9 Å². The van der Waals surface area contributed by atoms with Crippen LogP contribution < -0.4 is 19.9 Å². The van der Waals surface area contributed by atoms with Crippen molar-refractivity contribution in [1.29, 1.82) is 0 Å². The molecule has 1 saturated heterocycles. The van der Waals surface area contributed by atoms with Gasteiger partial charge in [0.25, 0.3) is 0 Å². The third-order valence-corrected chi connectivity index (χ3v) is 4.61. The first-order valence-electron chi connectivity index (χ1n) is 8.41. The molecule has 3 rings (SSSR count). The Hall–Kier alpha value is -2.13. The van der Waals surface area contributed by atoms with Crippen LogP contribution in [0.4, 0.5) is 8.78 Å². The van der Waals surface area contributed by atoms with Crippen molar-refractivity contribution in [3.05, 3.63) is 17.7 Å². The van der Waals surface area contributed by atoms with Crippen LogP contribution in [0.15, 0.2) is 12.1 Å². The van der Waals surface area contributed by atoms with Gasteiger partial charge in [0, 0.05) is 38.4 Å². The Labute approximate surface area is 149 Å². The summed E-state index contributed by atoms with van der Waals surface area (Å²) in [6.07, 6.45) is 1.45. The number of hydrogen-bond donors (Lipinski definition) is 1. The number of alkyl halides is 2. The maximum atomic E-state index is 12.7. The van der Waals surface area contributed by atoms with E-state index in [0.29, 0.717) is 30.3 Å². The highest BCUT2D eigenvalue weighted by Gasteiger charge is 2.29. The lowest BCUT2D eigenvalue weighted by atomic mass is 9.91. The first kappa shape index (κ1) is 18.7. The normalized spacial score (nSPS) is 18.0. The van der Waals surface area contributed by atoms with Crippen LogP contribution in [-0.4, -0.2) is 50.5 Å². The summed E-state index contributed by atoms with van der Waals surface area (Å²) >= 11 is 0. The molecule has 0 spiro atoms. The van der Waals surface area contributed by atoms with E-state index in [4.69, 9.17) is 19.9 Å². The Balaban J connectivity index is 1.73. The van der Waals surface area contributed by atoms with Gasteiger partial charge >= 0.3 is 6.61 Å². The monoisotopic (exact) mass is 372 g/mol. The van der Waals surface area contributed by atoms with E-state index in [9.17, 15) is 13.6 Å². The Morgan fingerprint density at radius 2 is 1.96 bits per heavy atom. The molecule has 0 bridgehead atoms. The minimum atomic E-state index is -2.99. The number of rotatable bonds is 6. The van der Waals surface area contributed by atoms with Crippen LogP contribution in [0.1, 0.15) is 18.4 Å².